The minimum absolute atomic E-state index is 0.125. The number of hydrogen-bond donors (Lipinski definition) is 0. The fourth-order valence-corrected chi connectivity index (χ4v) is 14.4. The van der Waals surface area contributed by atoms with E-state index in [1.54, 1.807) is 0 Å². The van der Waals surface area contributed by atoms with E-state index in [-0.39, 0.29) is 5.41 Å². The third-order valence-electron chi connectivity index (χ3n) is 16.0. The molecule has 0 aliphatic heterocycles. The number of anilines is 3. The number of hydrogen-bond acceptors (Lipinski definition) is 3. The topological polar surface area (TPSA) is 12.5 Å². The van der Waals surface area contributed by atoms with Gasteiger partial charge >= 0.3 is 0 Å². The maximum atomic E-state index is 7.17. The summed E-state index contributed by atoms with van der Waals surface area (Å²) in [4.78, 5) is 2.47. The summed E-state index contributed by atoms with van der Waals surface area (Å²) in [6.45, 7) is 6.93. The van der Waals surface area contributed by atoms with Gasteiger partial charge in [-0.1, -0.05) is 135 Å². The summed E-state index contributed by atoms with van der Waals surface area (Å²) in [5.74, 6) is 5.81. The van der Waals surface area contributed by atoms with Crippen molar-refractivity contribution >= 4 is 48.6 Å². The van der Waals surface area contributed by atoms with Gasteiger partial charge in [0, 0.05) is 48.7 Å². The second-order valence-corrected chi connectivity index (χ2v) is 21.2. The predicted molar refractivity (Wildman–Crippen MR) is 273 cm³/mol. The van der Waals surface area contributed by atoms with E-state index in [2.05, 4.69) is 202 Å². The molecule has 0 spiro atoms. The summed E-state index contributed by atoms with van der Waals surface area (Å²) < 4.78 is 9.82. The van der Waals surface area contributed by atoms with E-state index in [9.17, 15) is 0 Å². The van der Waals surface area contributed by atoms with Crippen LogP contribution in [0.3, 0.4) is 0 Å². The van der Waals surface area contributed by atoms with Crippen LogP contribution in [0.15, 0.2) is 176 Å². The molecule has 1 aromatic heterocycles. The largest absolute Gasteiger partial charge is 0.457 e. The highest BCUT2D eigenvalue weighted by molar-refractivity contribution is 7.25. The molecule has 8 aromatic carbocycles. The lowest BCUT2D eigenvalue weighted by Gasteiger charge is -2.54. The molecule has 4 fully saturated rings. The van der Waals surface area contributed by atoms with Crippen molar-refractivity contribution in [1.29, 1.82) is 0 Å². The SMILES string of the molecule is Cc1ccccc1Oc1cc(N(c2ccc(-c3ccccc3-c3cccc4sc5ccccc5c34)cc2)c2ccc3c(c2)C(C)(C)c2ccccc2-3)ccc1C1[C@H]2C[C@@H]3C[C@@H](C[C@@H]1C3)C2. The summed E-state index contributed by atoms with van der Waals surface area (Å²) in [6.07, 6.45) is 6.94. The molecule has 5 aliphatic rings. The Bertz CT molecular complexity index is 3290. The van der Waals surface area contributed by atoms with E-state index in [1.165, 1.54) is 102 Å². The number of ether oxygens (including phenoxy) is 1. The number of nitrogens with zero attached hydrogens (tertiary/aromatic N) is 1. The molecule has 3 heteroatoms. The fraction of sp³-hybridized carbons (Fsp3) is 0.226. The monoisotopic (exact) mass is 859 g/mol. The van der Waals surface area contributed by atoms with Crippen molar-refractivity contribution < 1.29 is 4.74 Å². The Morgan fingerprint density at radius 3 is 1.91 bits per heavy atom. The van der Waals surface area contributed by atoms with Gasteiger partial charge in [0.25, 0.3) is 0 Å². The van der Waals surface area contributed by atoms with Crippen LogP contribution in [-0.2, 0) is 5.41 Å². The van der Waals surface area contributed by atoms with Crippen LogP contribution in [0, 0.1) is 30.6 Å². The Labute approximate surface area is 387 Å². The Morgan fingerprint density at radius 1 is 0.492 bits per heavy atom. The minimum atomic E-state index is -0.125. The van der Waals surface area contributed by atoms with Crippen molar-refractivity contribution in [3.63, 3.8) is 0 Å². The van der Waals surface area contributed by atoms with Gasteiger partial charge < -0.3 is 9.64 Å². The second-order valence-electron chi connectivity index (χ2n) is 20.2. The molecule has 4 saturated carbocycles. The lowest BCUT2D eigenvalue weighted by Crippen LogP contribution is -2.43. The van der Waals surface area contributed by atoms with Crippen LogP contribution in [-0.4, -0.2) is 0 Å². The Morgan fingerprint density at radius 2 is 1.11 bits per heavy atom. The number of aryl methyl sites for hydroxylation is 1. The first kappa shape index (κ1) is 39.0. The van der Waals surface area contributed by atoms with Crippen LogP contribution >= 0.6 is 11.3 Å². The van der Waals surface area contributed by atoms with Crippen LogP contribution in [0.4, 0.5) is 17.1 Å². The Balaban J connectivity index is 0.956. The van der Waals surface area contributed by atoms with Crippen LogP contribution < -0.4 is 9.64 Å². The molecule has 0 radical (unpaired) electrons. The zero-order valence-electron chi connectivity index (χ0n) is 37.4. The first-order valence-corrected chi connectivity index (χ1v) is 24.7. The van der Waals surface area contributed by atoms with Crippen molar-refractivity contribution in [2.75, 3.05) is 4.90 Å². The Hall–Kier alpha value is -6.42. The van der Waals surface area contributed by atoms with E-state index >= 15 is 0 Å². The molecule has 318 valence electrons. The van der Waals surface area contributed by atoms with E-state index in [0.717, 1.165) is 57.8 Å². The van der Waals surface area contributed by atoms with Gasteiger partial charge in [-0.2, -0.15) is 0 Å². The van der Waals surface area contributed by atoms with Crippen LogP contribution in [0.5, 0.6) is 11.5 Å². The maximum absolute atomic E-state index is 7.17. The van der Waals surface area contributed by atoms with Gasteiger partial charge in [-0.05, 0) is 173 Å². The third-order valence-corrected chi connectivity index (χ3v) is 17.2. The molecule has 0 amide bonds. The summed E-state index contributed by atoms with van der Waals surface area (Å²) in [5.41, 5.74) is 16.2. The van der Waals surface area contributed by atoms with Gasteiger partial charge in [-0.3, -0.25) is 0 Å². The Kier molecular flexibility index (Phi) is 9.04. The highest BCUT2D eigenvalue weighted by Gasteiger charge is 2.49. The lowest BCUT2D eigenvalue weighted by atomic mass is 9.50. The average molecular weight is 860 g/mol. The zero-order valence-corrected chi connectivity index (χ0v) is 38.2. The number of fused-ring (bicyclic) bond motifs is 6. The van der Waals surface area contributed by atoms with E-state index < -0.39 is 0 Å². The number of benzene rings is 8. The molecule has 0 unspecified atom stereocenters. The first-order chi connectivity index (χ1) is 31.9. The van der Waals surface area contributed by atoms with Crippen molar-refractivity contribution in [1.82, 2.24) is 0 Å². The average Bonchev–Trinajstić information content (AvgIpc) is 3.82. The second kappa shape index (κ2) is 15.1. The van der Waals surface area contributed by atoms with E-state index in [1.807, 2.05) is 11.3 Å². The van der Waals surface area contributed by atoms with Crippen LogP contribution in [0.25, 0.3) is 53.6 Å². The molecule has 1 heterocycles. The van der Waals surface area contributed by atoms with Crippen LogP contribution in [0.1, 0.15) is 74.1 Å². The molecular weight excluding hydrogens is 807 g/mol. The number of para-hydroxylation sites is 1. The van der Waals surface area contributed by atoms with E-state index in [4.69, 9.17) is 4.74 Å². The van der Waals surface area contributed by atoms with E-state index in [0.29, 0.717) is 5.92 Å². The van der Waals surface area contributed by atoms with Gasteiger partial charge in [0.2, 0.25) is 0 Å². The van der Waals surface area contributed by atoms with Crippen LogP contribution in [0.2, 0.25) is 0 Å². The van der Waals surface area contributed by atoms with Crippen molar-refractivity contribution in [3.05, 3.63) is 198 Å². The molecule has 2 nitrogen and oxygen atoms in total. The molecule has 14 rings (SSSR count). The summed E-state index contributed by atoms with van der Waals surface area (Å²) in [5, 5.41) is 2.66. The molecule has 5 aliphatic carbocycles. The van der Waals surface area contributed by atoms with Gasteiger partial charge in [-0.15, -0.1) is 11.3 Å². The third kappa shape index (κ3) is 6.33. The van der Waals surface area contributed by atoms with Crippen molar-refractivity contribution in [2.45, 2.75) is 64.2 Å². The van der Waals surface area contributed by atoms with Crippen molar-refractivity contribution in [3.8, 4) is 44.9 Å². The molecule has 0 atom stereocenters. The maximum Gasteiger partial charge on any atom is 0.133 e. The molecule has 65 heavy (non-hydrogen) atoms. The number of thiophene rings is 1. The predicted octanol–water partition coefficient (Wildman–Crippen LogP) is 17.8. The highest BCUT2D eigenvalue weighted by Crippen LogP contribution is 2.61. The van der Waals surface area contributed by atoms with Gasteiger partial charge in [0.05, 0.1) is 0 Å². The molecule has 0 saturated heterocycles. The number of rotatable bonds is 8. The smallest absolute Gasteiger partial charge is 0.133 e. The molecule has 0 N–H and O–H groups in total. The summed E-state index contributed by atoms with van der Waals surface area (Å²) in [6, 6.07) is 65.7. The van der Waals surface area contributed by atoms with Gasteiger partial charge in [0.15, 0.2) is 0 Å². The molecule has 9 aromatic rings. The summed E-state index contributed by atoms with van der Waals surface area (Å²) >= 11 is 1.88. The minimum Gasteiger partial charge on any atom is -0.457 e. The van der Waals surface area contributed by atoms with Gasteiger partial charge in [0.1, 0.15) is 11.5 Å². The van der Waals surface area contributed by atoms with Gasteiger partial charge in [-0.25, -0.2) is 0 Å². The normalized spacial score (nSPS) is 21.1. The molecular formula is C62H53NOS. The lowest BCUT2D eigenvalue weighted by molar-refractivity contribution is -0.00335. The quantitative estimate of drug-likeness (QED) is 0.151. The first-order valence-electron chi connectivity index (χ1n) is 23.9. The standard InChI is InChI=1S/C62H53NOS/c1-38-13-4-10-20-56(38)64-57-37-46(28-30-52(57)60-42-32-39-31-40(34-42)35-43(60)33-39)63(45-27-29-50-49-16-7-9-19-54(49)62(2,3)55(50)36-45)44-25-23-41(24-26-44)47-14-5-6-15-48(47)51-18-12-22-59-61(51)53-17-8-11-21-58(53)65-59/h4-30,36-37,39-40,42-43,60H,31-35H2,1-3H3/t39-,40+,42-,43-,60?. The highest BCUT2D eigenvalue weighted by atomic mass is 32.1. The summed E-state index contributed by atoms with van der Waals surface area (Å²) in [7, 11) is 0. The fourth-order valence-electron chi connectivity index (χ4n) is 13.3. The zero-order chi connectivity index (χ0) is 43.4. The molecule has 4 bridgehead atoms. The van der Waals surface area contributed by atoms with Crippen molar-refractivity contribution in [2.24, 2.45) is 23.7 Å².